The molecule has 0 radical (unpaired) electrons. The Labute approximate surface area is 203 Å². The number of halogens is 5. The average Bonchev–Trinajstić information content (AvgIpc) is 2.77. The number of hydrogen-bond donors (Lipinski definition) is 1. The van der Waals surface area contributed by atoms with Gasteiger partial charge < -0.3 is 4.18 Å². The molecule has 12 heteroatoms. The van der Waals surface area contributed by atoms with Crippen LogP contribution in [0.2, 0.25) is 10.0 Å². The summed E-state index contributed by atoms with van der Waals surface area (Å²) in [6.45, 7) is 0. The highest BCUT2D eigenvalue weighted by Gasteiger charge is 2.31. The molecule has 0 bridgehead atoms. The highest BCUT2D eigenvalue weighted by molar-refractivity contribution is 7.87. The number of rotatable bonds is 7. The van der Waals surface area contributed by atoms with Gasteiger partial charge in [-0.2, -0.15) is 26.7 Å². The van der Waals surface area contributed by atoms with Crippen molar-refractivity contribution in [3.63, 3.8) is 0 Å². The van der Waals surface area contributed by atoms with Crippen molar-refractivity contribution in [3.05, 3.63) is 93.5 Å². The van der Waals surface area contributed by atoms with Gasteiger partial charge in [0, 0.05) is 5.56 Å². The molecule has 0 unspecified atom stereocenters. The number of benzene rings is 3. The molecule has 0 fully saturated rings. The summed E-state index contributed by atoms with van der Waals surface area (Å²) >= 11 is 11.8. The summed E-state index contributed by atoms with van der Waals surface area (Å²) in [6.07, 6.45) is -3.46. The highest BCUT2D eigenvalue weighted by Crippen LogP contribution is 2.30. The van der Waals surface area contributed by atoms with Crippen LogP contribution in [-0.2, 0) is 27.5 Å². The van der Waals surface area contributed by atoms with Crippen molar-refractivity contribution in [3.8, 4) is 5.75 Å². The number of hydrazone groups is 1. The van der Waals surface area contributed by atoms with Crippen LogP contribution in [0.3, 0.4) is 0 Å². The summed E-state index contributed by atoms with van der Waals surface area (Å²) in [6, 6.07) is 13.5. The first-order valence-electron chi connectivity index (χ1n) is 9.42. The predicted molar refractivity (Wildman–Crippen MR) is 122 cm³/mol. The summed E-state index contributed by atoms with van der Waals surface area (Å²) in [7, 11) is -4.43. The highest BCUT2D eigenvalue weighted by atomic mass is 35.5. The maximum atomic E-state index is 12.7. The van der Waals surface area contributed by atoms with Gasteiger partial charge in [0.2, 0.25) is 5.91 Å². The molecule has 1 amide bonds. The molecule has 0 aromatic heterocycles. The van der Waals surface area contributed by atoms with Gasteiger partial charge in [0.15, 0.2) is 5.75 Å². The standard InChI is InChI=1S/C22H15Cl2F3N2O4S/c23-18-10-5-14(11-19(18)24)12-21(30)29-28-13-15-3-1-2-4-20(15)33-34(31,32)17-8-6-16(7-9-17)22(25,26)27/h1-11,13H,12H2,(H,29,30)/b28-13+. The van der Waals surface area contributed by atoms with Crippen LogP contribution >= 0.6 is 23.2 Å². The molecule has 0 aliphatic rings. The first kappa shape index (κ1) is 25.5. The molecule has 1 N–H and O–H groups in total. The maximum Gasteiger partial charge on any atom is 0.416 e. The van der Waals surface area contributed by atoms with Gasteiger partial charge >= 0.3 is 16.3 Å². The van der Waals surface area contributed by atoms with Crippen LogP contribution in [0.25, 0.3) is 0 Å². The molecule has 0 saturated carbocycles. The maximum absolute atomic E-state index is 12.7. The largest absolute Gasteiger partial charge is 0.416 e. The second-order valence-electron chi connectivity index (χ2n) is 6.82. The Kier molecular flexibility index (Phi) is 7.86. The summed E-state index contributed by atoms with van der Waals surface area (Å²) in [5.74, 6) is -0.602. The van der Waals surface area contributed by atoms with E-state index in [0.717, 1.165) is 12.1 Å². The molecule has 0 saturated heterocycles. The van der Waals surface area contributed by atoms with Gasteiger partial charge in [-0.3, -0.25) is 4.79 Å². The van der Waals surface area contributed by atoms with Crippen molar-refractivity contribution in [2.75, 3.05) is 0 Å². The molecule has 3 aromatic rings. The van der Waals surface area contributed by atoms with E-state index >= 15 is 0 Å². The van der Waals surface area contributed by atoms with Gasteiger partial charge in [0.25, 0.3) is 0 Å². The van der Waals surface area contributed by atoms with Crippen LogP contribution in [0.5, 0.6) is 5.75 Å². The number of nitrogens with one attached hydrogen (secondary N) is 1. The molecule has 0 aliphatic heterocycles. The third-order valence-electron chi connectivity index (χ3n) is 4.33. The average molecular weight is 531 g/mol. The summed E-state index contributed by atoms with van der Waals surface area (Å²) in [5.41, 5.74) is 2.12. The van der Waals surface area contributed by atoms with E-state index in [4.69, 9.17) is 27.4 Å². The van der Waals surface area contributed by atoms with E-state index in [1.54, 1.807) is 24.3 Å². The third-order valence-corrected chi connectivity index (χ3v) is 6.32. The van der Waals surface area contributed by atoms with E-state index < -0.39 is 32.7 Å². The van der Waals surface area contributed by atoms with Crippen molar-refractivity contribution in [2.24, 2.45) is 5.10 Å². The Bertz CT molecular complexity index is 1330. The normalized spacial score (nSPS) is 12.0. The number of carbonyl (C=O) groups excluding carboxylic acids is 1. The lowest BCUT2D eigenvalue weighted by Gasteiger charge is -2.11. The zero-order valence-corrected chi connectivity index (χ0v) is 19.3. The van der Waals surface area contributed by atoms with Crippen molar-refractivity contribution < 1.29 is 30.6 Å². The first-order valence-corrected chi connectivity index (χ1v) is 11.6. The Balaban J connectivity index is 1.69. The number of hydrogen-bond acceptors (Lipinski definition) is 5. The molecule has 0 aliphatic carbocycles. The molecule has 3 aromatic carbocycles. The molecule has 178 valence electrons. The fourth-order valence-corrected chi connectivity index (χ4v) is 3.96. The Morgan fingerprint density at radius 2 is 1.68 bits per heavy atom. The Morgan fingerprint density at radius 1 is 1.00 bits per heavy atom. The van der Waals surface area contributed by atoms with Gasteiger partial charge in [0.05, 0.1) is 28.2 Å². The predicted octanol–water partition coefficient (Wildman–Crippen LogP) is 5.47. The molecular weight excluding hydrogens is 516 g/mol. The van der Waals surface area contributed by atoms with Crippen molar-refractivity contribution in [1.29, 1.82) is 0 Å². The fourth-order valence-electron chi connectivity index (χ4n) is 2.69. The smallest absolute Gasteiger partial charge is 0.378 e. The van der Waals surface area contributed by atoms with Crippen LogP contribution in [0.1, 0.15) is 16.7 Å². The van der Waals surface area contributed by atoms with E-state index in [1.807, 2.05) is 0 Å². The number of amides is 1. The lowest BCUT2D eigenvalue weighted by atomic mass is 10.1. The number of alkyl halides is 3. The topological polar surface area (TPSA) is 84.8 Å². The number of para-hydroxylation sites is 1. The van der Waals surface area contributed by atoms with Crippen molar-refractivity contribution in [1.82, 2.24) is 5.43 Å². The van der Waals surface area contributed by atoms with Gasteiger partial charge in [0.1, 0.15) is 4.90 Å². The molecule has 6 nitrogen and oxygen atoms in total. The summed E-state index contributed by atoms with van der Waals surface area (Å²) in [4.78, 5) is 11.6. The molecule has 0 atom stereocenters. The van der Waals surface area contributed by atoms with E-state index in [0.29, 0.717) is 27.7 Å². The third kappa shape index (κ3) is 6.72. The minimum absolute atomic E-state index is 0.0331. The molecule has 0 heterocycles. The van der Waals surface area contributed by atoms with E-state index in [2.05, 4.69) is 10.5 Å². The molecule has 34 heavy (non-hydrogen) atoms. The number of nitrogens with zero attached hydrogens (tertiary/aromatic N) is 1. The second kappa shape index (κ2) is 10.5. The SMILES string of the molecule is O=C(Cc1ccc(Cl)c(Cl)c1)N/N=C/c1ccccc1OS(=O)(=O)c1ccc(C(F)(F)F)cc1. The Morgan fingerprint density at radius 3 is 2.32 bits per heavy atom. The van der Waals surface area contributed by atoms with Gasteiger partial charge in [-0.1, -0.05) is 41.4 Å². The van der Waals surface area contributed by atoms with Crippen LogP contribution in [0.4, 0.5) is 13.2 Å². The van der Waals surface area contributed by atoms with Crippen molar-refractivity contribution >= 4 is 45.4 Å². The second-order valence-corrected chi connectivity index (χ2v) is 9.18. The number of carbonyl (C=O) groups is 1. The van der Waals surface area contributed by atoms with Gasteiger partial charge in [-0.05, 0) is 54.1 Å². The monoisotopic (exact) mass is 530 g/mol. The fraction of sp³-hybridized carbons (Fsp3) is 0.0909. The lowest BCUT2D eigenvalue weighted by molar-refractivity contribution is -0.137. The van der Waals surface area contributed by atoms with Crippen LogP contribution in [0, 0.1) is 0 Å². The molecule has 3 rings (SSSR count). The quantitative estimate of drug-likeness (QED) is 0.249. The van der Waals surface area contributed by atoms with E-state index in [9.17, 15) is 26.4 Å². The van der Waals surface area contributed by atoms with Crippen molar-refractivity contribution in [2.45, 2.75) is 17.5 Å². The minimum Gasteiger partial charge on any atom is -0.378 e. The zero-order valence-electron chi connectivity index (χ0n) is 17.0. The van der Waals surface area contributed by atoms with Gasteiger partial charge in [-0.25, -0.2) is 5.43 Å². The zero-order chi connectivity index (χ0) is 24.9. The van der Waals surface area contributed by atoms with E-state index in [-0.39, 0.29) is 17.7 Å². The molecule has 0 spiro atoms. The Hall–Kier alpha value is -3.08. The lowest BCUT2D eigenvalue weighted by Crippen LogP contribution is -2.20. The summed E-state index contributed by atoms with van der Waals surface area (Å²) in [5, 5.41) is 4.45. The van der Waals surface area contributed by atoms with Crippen LogP contribution in [0.15, 0.2) is 76.7 Å². The van der Waals surface area contributed by atoms with Gasteiger partial charge in [-0.15, -0.1) is 0 Å². The minimum atomic E-state index is -4.60. The van der Waals surface area contributed by atoms with Crippen LogP contribution in [-0.4, -0.2) is 20.5 Å². The molecular formula is C22H15Cl2F3N2O4S. The first-order chi connectivity index (χ1) is 16.0. The summed E-state index contributed by atoms with van der Waals surface area (Å²) < 4.78 is 68.2. The van der Waals surface area contributed by atoms with Crippen LogP contribution < -0.4 is 9.61 Å². The van der Waals surface area contributed by atoms with E-state index in [1.165, 1.54) is 24.4 Å².